The lowest BCUT2D eigenvalue weighted by molar-refractivity contribution is -0.141. The van der Waals surface area contributed by atoms with Gasteiger partial charge in [0.2, 0.25) is 0 Å². The molecule has 0 aliphatic carbocycles. The van der Waals surface area contributed by atoms with Crippen molar-refractivity contribution in [1.29, 1.82) is 0 Å². The van der Waals surface area contributed by atoms with Gasteiger partial charge in [-0.15, -0.1) is 6.58 Å². The molecule has 0 atom stereocenters. The molecule has 0 aromatic carbocycles. The summed E-state index contributed by atoms with van der Waals surface area (Å²) in [6.07, 6.45) is 1.95. The molecule has 0 aromatic rings. The maximum absolute atomic E-state index is 10.9. The second-order valence-corrected chi connectivity index (χ2v) is 9.04. The number of hydrogen-bond acceptors (Lipinski definition) is 15. The predicted octanol–water partition coefficient (Wildman–Crippen LogP) is 0.951. The molecule has 0 amide bonds. The van der Waals surface area contributed by atoms with Gasteiger partial charge >= 0.3 is 5.97 Å². The Hall–Kier alpha value is -1.31. The Morgan fingerprint density at radius 1 is 0.370 bits per heavy atom. The fourth-order valence-electron chi connectivity index (χ4n) is 3.06. The zero-order valence-corrected chi connectivity index (χ0v) is 28.0. The smallest absolute Gasteiger partial charge is 0.307 e. The number of carbonyl (C=O) groups is 1. The van der Waals surface area contributed by atoms with Gasteiger partial charge in [-0.3, -0.25) is 4.79 Å². The van der Waals surface area contributed by atoms with Gasteiger partial charge in [0.25, 0.3) is 0 Å². The van der Waals surface area contributed by atoms with Crippen LogP contribution in [0.1, 0.15) is 6.42 Å². The van der Waals surface area contributed by atoms with Gasteiger partial charge in [0, 0.05) is 0 Å². The van der Waals surface area contributed by atoms with Crippen LogP contribution in [0.4, 0.5) is 0 Å². The highest BCUT2D eigenvalue weighted by molar-refractivity contribution is 5.69. The van der Waals surface area contributed by atoms with Crippen molar-refractivity contribution in [2.45, 2.75) is 6.42 Å². The monoisotopic (exact) mass is 672 g/mol. The summed E-state index contributed by atoms with van der Waals surface area (Å²) in [7, 11) is 1.35. The van der Waals surface area contributed by atoms with Crippen LogP contribution < -0.4 is 0 Å². The zero-order chi connectivity index (χ0) is 33.3. The average Bonchev–Trinajstić information content (AvgIpc) is 3.07. The van der Waals surface area contributed by atoms with E-state index >= 15 is 0 Å². The van der Waals surface area contributed by atoms with E-state index in [0.717, 1.165) is 0 Å². The van der Waals surface area contributed by atoms with E-state index in [9.17, 15) is 4.79 Å². The van der Waals surface area contributed by atoms with Gasteiger partial charge in [0.1, 0.15) is 0 Å². The molecule has 0 radical (unpaired) electrons. The van der Waals surface area contributed by atoms with Crippen LogP contribution in [-0.4, -0.2) is 185 Å². The lowest BCUT2D eigenvalue weighted by Gasteiger charge is -2.09. The van der Waals surface area contributed by atoms with Gasteiger partial charge in [-0.25, -0.2) is 0 Å². The molecule has 15 heteroatoms. The van der Waals surface area contributed by atoms with Crippen molar-refractivity contribution in [2.75, 3.05) is 179 Å². The van der Waals surface area contributed by atoms with Crippen LogP contribution in [0.25, 0.3) is 0 Å². The lowest BCUT2D eigenvalue weighted by atomic mass is 10.5. The first kappa shape index (κ1) is 44.7. The number of methoxy groups -OCH3 is 1. The maximum atomic E-state index is 10.9. The third kappa shape index (κ3) is 40.7. The molecule has 0 aliphatic heterocycles. The van der Waals surface area contributed by atoms with E-state index in [1.54, 1.807) is 6.08 Å². The Morgan fingerprint density at radius 2 is 0.565 bits per heavy atom. The molecule has 0 rings (SSSR count). The first-order valence-electron chi connectivity index (χ1n) is 16.0. The third-order valence-electron chi connectivity index (χ3n) is 5.38. The van der Waals surface area contributed by atoms with Crippen LogP contribution in [0, 0.1) is 0 Å². The fraction of sp³-hybridized carbons (Fsp3) is 0.903. The average molecular weight is 673 g/mol. The summed E-state index contributed by atoms with van der Waals surface area (Å²) in [5, 5.41) is 0. The van der Waals surface area contributed by atoms with Gasteiger partial charge in [-0.05, 0) is 0 Å². The molecule has 0 aromatic heterocycles. The normalized spacial score (nSPS) is 11.3. The summed E-state index contributed by atoms with van der Waals surface area (Å²) >= 11 is 0. The minimum Gasteiger partial charge on any atom is -0.469 e. The van der Waals surface area contributed by atoms with Crippen LogP contribution >= 0.6 is 0 Å². The van der Waals surface area contributed by atoms with Gasteiger partial charge in [0.15, 0.2) is 0 Å². The number of carbonyl (C=O) groups excluding carboxylic acids is 1. The van der Waals surface area contributed by atoms with E-state index < -0.39 is 0 Å². The zero-order valence-electron chi connectivity index (χ0n) is 28.0. The Balaban J connectivity index is 3.05. The molecule has 0 aliphatic rings. The topological polar surface area (TPSA) is 146 Å². The van der Waals surface area contributed by atoms with Gasteiger partial charge in [0.05, 0.1) is 185 Å². The highest BCUT2D eigenvalue weighted by atomic mass is 16.6. The Bertz CT molecular complexity index is 600. The third-order valence-corrected chi connectivity index (χ3v) is 5.38. The first-order valence-corrected chi connectivity index (χ1v) is 16.0. The molecule has 0 unspecified atom stereocenters. The Labute approximate surface area is 275 Å². The Morgan fingerprint density at radius 3 is 0.761 bits per heavy atom. The molecule has 0 saturated carbocycles. The Kier molecular flexibility index (Phi) is 40.5. The number of ether oxygens (including phenoxy) is 14. The van der Waals surface area contributed by atoms with Gasteiger partial charge < -0.3 is 66.3 Å². The van der Waals surface area contributed by atoms with Gasteiger partial charge in [-0.1, -0.05) is 6.08 Å². The highest BCUT2D eigenvalue weighted by Crippen LogP contribution is 1.89. The minimum absolute atomic E-state index is 0.244. The van der Waals surface area contributed by atoms with Crippen LogP contribution in [0.15, 0.2) is 12.7 Å². The van der Waals surface area contributed by atoms with Crippen LogP contribution in [0.5, 0.6) is 0 Å². The minimum atomic E-state index is -0.287. The van der Waals surface area contributed by atoms with Crippen molar-refractivity contribution >= 4 is 5.97 Å². The van der Waals surface area contributed by atoms with E-state index in [-0.39, 0.29) is 12.4 Å². The molecule has 0 fully saturated rings. The molecular weight excluding hydrogens is 612 g/mol. The molecule has 15 nitrogen and oxygen atoms in total. The number of hydrogen-bond donors (Lipinski definition) is 0. The van der Waals surface area contributed by atoms with Crippen molar-refractivity contribution < 1.29 is 71.1 Å². The second-order valence-electron chi connectivity index (χ2n) is 9.04. The summed E-state index contributed by atoms with van der Waals surface area (Å²) in [6, 6.07) is 0. The van der Waals surface area contributed by atoms with Crippen LogP contribution in [0.3, 0.4) is 0 Å². The number of esters is 1. The van der Waals surface area contributed by atoms with Crippen molar-refractivity contribution in [1.82, 2.24) is 0 Å². The van der Waals surface area contributed by atoms with E-state index in [2.05, 4.69) is 11.3 Å². The van der Waals surface area contributed by atoms with E-state index in [0.29, 0.717) is 172 Å². The summed E-state index contributed by atoms with van der Waals surface area (Å²) in [5.74, 6) is -0.287. The molecule has 274 valence electrons. The SMILES string of the molecule is C=CCOCCOCCOCCOCCOCCOCCOCCOCCOCCOCCOCCOCCOCCC(=O)OC. The van der Waals surface area contributed by atoms with Crippen molar-refractivity contribution in [3.63, 3.8) is 0 Å². The highest BCUT2D eigenvalue weighted by Gasteiger charge is 1.99. The molecule has 0 heterocycles. The summed E-state index contributed by atoms with van der Waals surface area (Å²) in [5.41, 5.74) is 0. The summed E-state index contributed by atoms with van der Waals surface area (Å²) < 4.78 is 74.8. The molecule has 0 spiro atoms. The summed E-state index contributed by atoms with van der Waals surface area (Å²) in [4.78, 5) is 10.9. The fourth-order valence-corrected chi connectivity index (χ4v) is 3.06. The van der Waals surface area contributed by atoms with Crippen molar-refractivity contribution in [3.8, 4) is 0 Å². The predicted molar refractivity (Wildman–Crippen MR) is 167 cm³/mol. The van der Waals surface area contributed by atoms with Crippen molar-refractivity contribution in [3.05, 3.63) is 12.7 Å². The standard InChI is InChI=1S/C31H60O15/c1-3-5-34-7-9-36-11-13-38-15-17-40-19-21-42-23-25-44-27-29-46-30-28-45-26-24-43-22-20-41-18-16-39-14-12-37-10-8-35-6-4-31(32)33-2/h3H,1,4-30H2,2H3. The van der Waals surface area contributed by atoms with Crippen molar-refractivity contribution in [2.24, 2.45) is 0 Å². The van der Waals surface area contributed by atoms with Gasteiger partial charge in [-0.2, -0.15) is 0 Å². The number of rotatable bonds is 41. The maximum Gasteiger partial charge on any atom is 0.307 e. The lowest BCUT2D eigenvalue weighted by Crippen LogP contribution is -2.15. The molecule has 0 bridgehead atoms. The van der Waals surface area contributed by atoms with Crippen LogP contribution in [-0.2, 0) is 71.1 Å². The first-order chi connectivity index (χ1) is 22.8. The van der Waals surface area contributed by atoms with Crippen LogP contribution in [0.2, 0.25) is 0 Å². The molecule has 0 saturated heterocycles. The largest absolute Gasteiger partial charge is 0.469 e. The van der Waals surface area contributed by atoms with E-state index in [1.807, 2.05) is 0 Å². The molecule has 0 N–H and O–H groups in total. The van der Waals surface area contributed by atoms with E-state index in [1.165, 1.54) is 7.11 Å². The second kappa shape index (κ2) is 41.7. The molecular formula is C31H60O15. The van der Waals surface area contributed by atoms with E-state index in [4.69, 9.17) is 61.6 Å². The molecule has 46 heavy (non-hydrogen) atoms. The summed E-state index contributed by atoms with van der Waals surface area (Å²) in [6.45, 7) is 16.4. The quantitative estimate of drug-likeness (QED) is 0.0516.